The van der Waals surface area contributed by atoms with Crippen LogP contribution in [0.15, 0.2) is 28.7 Å². The third kappa shape index (κ3) is 3.33. The Labute approximate surface area is 117 Å². The number of benzene rings is 1. The van der Waals surface area contributed by atoms with Crippen molar-refractivity contribution in [2.24, 2.45) is 0 Å². The fourth-order valence-electron chi connectivity index (χ4n) is 2.41. The van der Waals surface area contributed by atoms with Crippen molar-refractivity contribution in [2.45, 2.75) is 25.9 Å². The van der Waals surface area contributed by atoms with E-state index in [4.69, 9.17) is 0 Å². The van der Waals surface area contributed by atoms with Gasteiger partial charge in [-0.15, -0.1) is 0 Å². The monoisotopic (exact) mass is 331 g/mol. The van der Waals surface area contributed by atoms with Crippen molar-refractivity contribution in [1.29, 1.82) is 0 Å². The number of hydrogen-bond acceptors (Lipinski definition) is 3. The topological polar surface area (TPSA) is 37.4 Å². The summed E-state index contributed by atoms with van der Waals surface area (Å²) < 4.78 is 24.2. The van der Waals surface area contributed by atoms with Crippen molar-refractivity contribution in [3.63, 3.8) is 0 Å². The second-order valence-corrected chi connectivity index (χ2v) is 7.79. The van der Waals surface area contributed by atoms with Gasteiger partial charge in [0.05, 0.1) is 11.5 Å². The van der Waals surface area contributed by atoms with Crippen molar-refractivity contribution in [3.8, 4) is 0 Å². The molecule has 1 aliphatic heterocycles. The summed E-state index contributed by atoms with van der Waals surface area (Å²) in [5.41, 5.74) is 1.21. The lowest BCUT2D eigenvalue weighted by Crippen LogP contribution is -2.35. The normalized spacial score (nSPS) is 22.5. The highest BCUT2D eigenvalue weighted by molar-refractivity contribution is 9.10. The molecule has 1 aromatic carbocycles. The maximum Gasteiger partial charge on any atom is 0.151 e. The van der Waals surface area contributed by atoms with Gasteiger partial charge in [-0.1, -0.05) is 41.1 Å². The Morgan fingerprint density at radius 2 is 2.11 bits per heavy atom. The van der Waals surface area contributed by atoms with E-state index in [1.54, 1.807) is 0 Å². The Kier molecular flexibility index (Phi) is 4.45. The van der Waals surface area contributed by atoms with Crippen LogP contribution in [0.25, 0.3) is 0 Å². The van der Waals surface area contributed by atoms with Crippen LogP contribution in [0.3, 0.4) is 0 Å². The first-order valence-electron chi connectivity index (χ1n) is 6.19. The smallest absolute Gasteiger partial charge is 0.151 e. The Bertz CT molecular complexity index is 515. The summed E-state index contributed by atoms with van der Waals surface area (Å²) in [7, 11) is -2.81. The predicted octanol–water partition coefficient (Wildman–Crippen LogP) is 2.46. The Balaban J connectivity index is 2.09. The molecule has 1 atom stereocenters. The maximum absolute atomic E-state index is 11.5. The summed E-state index contributed by atoms with van der Waals surface area (Å²) in [6.45, 7) is 3.77. The second kappa shape index (κ2) is 5.72. The summed E-state index contributed by atoms with van der Waals surface area (Å²) in [4.78, 5) is 2.25. The molecule has 1 aromatic rings. The average Bonchev–Trinajstić information content (AvgIpc) is 2.68. The van der Waals surface area contributed by atoms with Gasteiger partial charge in [-0.2, -0.15) is 0 Å². The molecular weight excluding hydrogens is 314 g/mol. The number of hydrogen-bond donors (Lipinski definition) is 0. The fraction of sp³-hybridized carbons (Fsp3) is 0.538. The molecule has 0 spiro atoms. The first-order valence-corrected chi connectivity index (χ1v) is 8.81. The third-order valence-electron chi connectivity index (χ3n) is 3.46. The lowest BCUT2D eigenvalue weighted by atomic mass is 10.1. The van der Waals surface area contributed by atoms with E-state index in [0.29, 0.717) is 11.5 Å². The molecule has 1 saturated heterocycles. The van der Waals surface area contributed by atoms with E-state index in [0.717, 1.165) is 24.0 Å². The maximum atomic E-state index is 11.5. The molecule has 5 heteroatoms. The molecule has 0 bridgehead atoms. The predicted molar refractivity (Wildman–Crippen MR) is 77.3 cm³/mol. The van der Waals surface area contributed by atoms with Crippen molar-refractivity contribution < 1.29 is 8.42 Å². The minimum absolute atomic E-state index is 0.173. The highest BCUT2D eigenvalue weighted by atomic mass is 79.9. The van der Waals surface area contributed by atoms with E-state index < -0.39 is 9.84 Å². The average molecular weight is 332 g/mol. The van der Waals surface area contributed by atoms with Gasteiger partial charge < -0.3 is 0 Å². The van der Waals surface area contributed by atoms with Crippen LogP contribution >= 0.6 is 15.9 Å². The minimum atomic E-state index is -2.81. The van der Waals surface area contributed by atoms with Gasteiger partial charge >= 0.3 is 0 Å². The van der Waals surface area contributed by atoms with E-state index in [9.17, 15) is 8.42 Å². The van der Waals surface area contributed by atoms with Crippen molar-refractivity contribution in [3.05, 3.63) is 34.3 Å². The molecule has 1 unspecified atom stereocenters. The van der Waals surface area contributed by atoms with E-state index in [2.05, 4.69) is 33.8 Å². The van der Waals surface area contributed by atoms with Crippen LogP contribution in [-0.4, -0.2) is 37.4 Å². The molecule has 1 fully saturated rings. The van der Waals surface area contributed by atoms with Crippen LogP contribution in [0.1, 0.15) is 18.9 Å². The molecule has 1 heterocycles. The van der Waals surface area contributed by atoms with Crippen molar-refractivity contribution >= 4 is 25.8 Å². The van der Waals surface area contributed by atoms with Gasteiger partial charge in [-0.3, -0.25) is 4.90 Å². The summed E-state index contributed by atoms with van der Waals surface area (Å²) in [6, 6.07) is 8.28. The number of rotatable bonds is 4. The summed E-state index contributed by atoms with van der Waals surface area (Å²) in [5.74, 6) is 0.648. The lowest BCUT2D eigenvalue weighted by Gasteiger charge is -2.26. The van der Waals surface area contributed by atoms with Gasteiger partial charge in [0.15, 0.2) is 9.84 Å². The van der Waals surface area contributed by atoms with E-state index >= 15 is 0 Å². The number of sulfone groups is 1. The molecule has 2 rings (SSSR count). The van der Waals surface area contributed by atoms with Crippen molar-refractivity contribution in [1.82, 2.24) is 4.90 Å². The third-order valence-corrected chi connectivity index (χ3v) is 5.99. The molecule has 0 amide bonds. The SMILES string of the molecule is CCN(Cc1ccccc1Br)C1CCS(=O)(=O)C1. The van der Waals surface area contributed by atoms with Crippen molar-refractivity contribution in [2.75, 3.05) is 18.1 Å². The quantitative estimate of drug-likeness (QED) is 0.850. The first-order chi connectivity index (χ1) is 8.52. The zero-order valence-electron chi connectivity index (χ0n) is 10.5. The largest absolute Gasteiger partial charge is 0.295 e. The van der Waals surface area contributed by atoms with E-state index in [-0.39, 0.29) is 6.04 Å². The van der Waals surface area contributed by atoms with Crippen LogP contribution in [0, 0.1) is 0 Å². The first kappa shape index (κ1) is 14.0. The Hall–Kier alpha value is -0.390. The van der Waals surface area contributed by atoms with Gasteiger partial charge in [0.2, 0.25) is 0 Å². The second-order valence-electron chi connectivity index (χ2n) is 4.71. The molecule has 0 saturated carbocycles. The van der Waals surface area contributed by atoms with E-state index in [1.807, 2.05) is 18.2 Å². The molecule has 100 valence electrons. The van der Waals surface area contributed by atoms with Gasteiger partial charge in [-0.25, -0.2) is 8.42 Å². The van der Waals surface area contributed by atoms with Gasteiger partial charge in [0.1, 0.15) is 0 Å². The Morgan fingerprint density at radius 3 is 2.67 bits per heavy atom. The van der Waals surface area contributed by atoms with Crippen LogP contribution in [-0.2, 0) is 16.4 Å². The fourth-order valence-corrected chi connectivity index (χ4v) is 4.58. The highest BCUT2D eigenvalue weighted by Crippen LogP contribution is 2.23. The van der Waals surface area contributed by atoms with Gasteiger partial charge in [0.25, 0.3) is 0 Å². The molecule has 0 radical (unpaired) electrons. The minimum Gasteiger partial charge on any atom is -0.295 e. The summed E-state index contributed by atoms with van der Waals surface area (Å²) in [5, 5.41) is 0. The molecule has 1 aliphatic rings. The molecular formula is C13H18BrNO2S. The highest BCUT2D eigenvalue weighted by Gasteiger charge is 2.31. The summed E-state index contributed by atoms with van der Waals surface area (Å²) in [6.07, 6.45) is 0.765. The lowest BCUT2D eigenvalue weighted by molar-refractivity contribution is 0.214. The Morgan fingerprint density at radius 1 is 1.39 bits per heavy atom. The zero-order chi connectivity index (χ0) is 13.2. The molecule has 0 aromatic heterocycles. The van der Waals surface area contributed by atoms with Gasteiger partial charge in [-0.05, 0) is 24.6 Å². The summed E-state index contributed by atoms with van der Waals surface area (Å²) >= 11 is 3.54. The van der Waals surface area contributed by atoms with Crippen LogP contribution < -0.4 is 0 Å². The van der Waals surface area contributed by atoms with Gasteiger partial charge in [0, 0.05) is 17.1 Å². The number of nitrogens with zero attached hydrogens (tertiary/aromatic N) is 1. The van der Waals surface area contributed by atoms with Crippen LogP contribution in [0.2, 0.25) is 0 Å². The molecule has 0 aliphatic carbocycles. The molecule has 18 heavy (non-hydrogen) atoms. The van der Waals surface area contributed by atoms with Crippen LogP contribution in [0.4, 0.5) is 0 Å². The van der Waals surface area contributed by atoms with E-state index in [1.165, 1.54) is 5.56 Å². The van der Waals surface area contributed by atoms with Crippen LogP contribution in [0.5, 0.6) is 0 Å². The zero-order valence-corrected chi connectivity index (χ0v) is 12.9. The standard InChI is InChI=1S/C13H18BrNO2S/c1-2-15(12-7-8-18(16,17)10-12)9-11-5-3-4-6-13(11)14/h3-6,12H,2,7-10H2,1H3. The molecule has 3 nitrogen and oxygen atoms in total. The molecule has 0 N–H and O–H groups in total. The number of halogens is 1.